The summed E-state index contributed by atoms with van der Waals surface area (Å²) >= 11 is 0. The number of hydrogen-bond donors (Lipinski definition) is 1. The molecule has 0 unspecified atom stereocenters. The molecule has 1 aliphatic heterocycles. The lowest BCUT2D eigenvalue weighted by Crippen LogP contribution is -2.39. The van der Waals surface area contributed by atoms with E-state index >= 15 is 0 Å². The van der Waals surface area contributed by atoms with Gasteiger partial charge < -0.3 is 14.8 Å². The lowest BCUT2D eigenvalue weighted by atomic mass is 9.99. The molecule has 1 amide bonds. The first kappa shape index (κ1) is 20.6. The third kappa shape index (κ3) is 4.57. The lowest BCUT2D eigenvalue weighted by Gasteiger charge is -2.30. The molecule has 0 radical (unpaired) electrons. The molecule has 1 aromatic carbocycles. The van der Waals surface area contributed by atoms with E-state index in [0.717, 1.165) is 56.9 Å². The minimum atomic E-state index is 0.239. The van der Waals surface area contributed by atoms with E-state index in [1.165, 1.54) is 22.2 Å². The molecule has 158 valence electrons. The molecule has 0 spiro atoms. The minimum absolute atomic E-state index is 0.239. The fourth-order valence-electron chi connectivity index (χ4n) is 4.42. The van der Waals surface area contributed by atoms with Crippen molar-refractivity contribution in [2.24, 2.45) is 5.92 Å². The number of nitrogens with one attached hydrogen (secondary N) is 1. The maximum Gasteiger partial charge on any atom is 0.242 e. The molecule has 0 aliphatic carbocycles. The molecule has 0 bridgehead atoms. The second-order valence-corrected chi connectivity index (χ2v) is 8.51. The molecule has 0 saturated carbocycles. The highest BCUT2D eigenvalue weighted by molar-refractivity contribution is 5.87. The first-order valence-electron chi connectivity index (χ1n) is 11.1. The quantitative estimate of drug-likeness (QED) is 0.607. The molecular formula is C25H32N4O. The topological polar surface area (TPSA) is 50.2 Å². The molecule has 1 fully saturated rings. The van der Waals surface area contributed by atoms with Crippen LogP contribution >= 0.6 is 0 Å². The van der Waals surface area contributed by atoms with Gasteiger partial charge in [-0.25, -0.2) is 0 Å². The fourth-order valence-corrected chi connectivity index (χ4v) is 4.42. The van der Waals surface area contributed by atoms with Gasteiger partial charge in [-0.05, 0) is 68.0 Å². The lowest BCUT2D eigenvalue weighted by molar-refractivity contribution is -0.133. The number of aromatic nitrogens is 2. The van der Waals surface area contributed by atoms with Crippen LogP contribution in [0, 0.1) is 12.8 Å². The number of rotatable bonds is 7. The van der Waals surface area contributed by atoms with Crippen molar-refractivity contribution < 1.29 is 4.79 Å². The fraction of sp³-hybridized carbons (Fsp3) is 0.440. The molecule has 3 aromatic rings. The Balaban J connectivity index is 1.46. The number of para-hydroxylation sites is 1. The SMILES string of the molecule is Cc1c(CNCCc2ccncc2)c2ccccc2n1CC(=O)N1CCC(C)CC1. The zero-order valence-electron chi connectivity index (χ0n) is 18.1. The van der Waals surface area contributed by atoms with Gasteiger partial charge in [0, 0.05) is 48.6 Å². The van der Waals surface area contributed by atoms with Gasteiger partial charge >= 0.3 is 0 Å². The Hall–Kier alpha value is -2.66. The Bertz CT molecular complexity index is 987. The number of nitrogens with zero attached hydrogens (tertiary/aromatic N) is 3. The molecule has 4 rings (SSSR count). The van der Waals surface area contributed by atoms with Crippen molar-refractivity contribution in [3.63, 3.8) is 0 Å². The number of carbonyl (C=O) groups excluding carboxylic acids is 1. The number of amides is 1. The zero-order valence-corrected chi connectivity index (χ0v) is 18.1. The van der Waals surface area contributed by atoms with E-state index in [2.05, 4.69) is 65.1 Å². The first-order chi connectivity index (χ1) is 14.6. The van der Waals surface area contributed by atoms with Gasteiger partial charge in [-0.2, -0.15) is 0 Å². The van der Waals surface area contributed by atoms with Crippen LogP contribution < -0.4 is 5.32 Å². The van der Waals surface area contributed by atoms with Gasteiger partial charge in [0.25, 0.3) is 0 Å². The van der Waals surface area contributed by atoms with Crippen LogP contribution in [0.2, 0.25) is 0 Å². The minimum Gasteiger partial charge on any atom is -0.341 e. The van der Waals surface area contributed by atoms with E-state index in [4.69, 9.17) is 0 Å². The first-order valence-corrected chi connectivity index (χ1v) is 11.1. The van der Waals surface area contributed by atoms with Gasteiger partial charge in [-0.15, -0.1) is 0 Å². The van der Waals surface area contributed by atoms with Crippen LogP contribution in [0.15, 0.2) is 48.8 Å². The smallest absolute Gasteiger partial charge is 0.242 e. The third-order valence-corrected chi connectivity index (χ3v) is 6.43. The monoisotopic (exact) mass is 404 g/mol. The van der Waals surface area contributed by atoms with E-state index in [1.54, 1.807) is 0 Å². The molecule has 0 atom stereocenters. The molecule has 5 heteroatoms. The summed E-state index contributed by atoms with van der Waals surface area (Å²) in [5.74, 6) is 0.968. The van der Waals surface area contributed by atoms with E-state index < -0.39 is 0 Å². The standard InChI is InChI=1S/C25H32N4O/c1-19-10-15-28(16-11-19)25(30)18-29-20(2)23(22-5-3-4-6-24(22)29)17-27-14-9-21-7-12-26-13-8-21/h3-8,12-13,19,27H,9-11,14-18H2,1-2H3. The van der Waals surface area contributed by atoms with Crippen LogP contribution in [0.1, 0.15) is 36.6 Å². The van der Waals surface area contributed by atoms with Crippen molar-refractivity contribution in [2.75, 3.05) is 19.6 Å². The van der Waals surface area contributed by atoms with Crippen LogP contribution in [-0.4, -0.2) is 40.0 Å². The van der Waals surface area contributed by atoms with Crippen LogP contribution in [0.25, 0.3) is 10.9 Å². The average Bonchev–Trinajstić information content (AvgIpc) is 3.03. The highest BCUT2D eigenvalue weighted by Gasteiger charge is 2.22. The number of carbonyl (C=O) groups is 1. The summed E-state index contributed by atoms with van der Waals surface area (Å²) < 4.78 is 2.20. The van der Waals surface area contributed by atoms with E-state index in [1.807, 2.05) is 17.3 Å². The van der Waals surface area contributed by atoms with Crippen molar-refractivity contribution in [1.29, 1.82) is 0 Å². The summed E-state index contributed by atoms with van der Waals surface area (Å²) in [5.41, 5.74) is 4.92. The maximum atomic E-state index is 13.0. The van der Waals surface area contributed by atoms with Crippen LogP contribution in [-0.2, 0) is 24.3 Å². The van der Waals surface area contributed by atoms with E-state index in [0.29, 0.717) is 6.54 Å². The number of likely N-dealkylation sites (tertiary alicyclic amines) is 1. The van der Waals surface area contributed by atoms with Crippen LogP contribution in [0.5, 0.6) is 0 Å². The summed E-state index contributed by atoms with van der Waals surface area (Å²) in [6, 6.07) is 12.6. The van der Waals surface area contributed by atoms with Gasteiger partial charge in [-0.1, -0.05) is 25.1 Å². The summed E-state index contributed by atoms with van der Waals surface area (Å²) in [5, 5.41) is 4.83. The number of benzene rings is 1. The summed E-state index contributed by atoms with van der Waals surface area (Å²) in [6.45, 7) is 8.35. The number of piperidine rings is 1. The molecule has 30 heavy (non-hydrogen) atoms. The molecule has 5 nitrogen and oxygen atoms in total. The molecule has 3 heterocycles. The van der Waals surface area contributed by atoms with Crippen molar-refractivity contribution >= 4 is 16.8 Å². The molecule has 1 saturated heterocycles. The van der Waals surface area contributed by atoms with E-state index in [9.17, 15) is 4.79 Å². The van der Waals surface area contributed by atoms with Gasteiger partial charge in [0.05, 0.1) is 0 Å². The highest BCUT2D eigenvalue weighted by atomic mass is 16.2. The molecule has 1 N–H and O–H groups in total. The van der Waals surface area contributed by atoms with Gasteiger partial charge in [0.1, 0.15) is 6.54 Å². The number of fused-ring (bicyclic) bond motifs is 1. The second kappa shape index (κ2) is 9.43. The maximum absolute atomic E-state index is 13.0. The zero-order chi connectivity index (χ0) is 20.9. The van der Waals surface area contributed by atoms with Gasteiger partial charge in [0.15, 0.2) is 0 Å². The highest BCUT2D eigenvalue weighted by Crippen LogP contribution is 2.26. The molecular weight excluding hydrogens is 372 g/mol. The molecule has 2 aromatic heterocycles. The Kier molecular flexibility index (Phi) is 6.48. The Labute approximate surface area is 179 Å². The van der Waals surface area contributed by atoms with E-state index in [-0.39, 0.29) is 5.91 Å². The van der Waals surface area contributed by atoms with Crippen molar-refractivity contribution in [2.45, 2.75) is 46.2 Å². The molecule has 1 aliphatic rings. The van der Waals surface area contributed by atoms with Gasteiger partial charge in [0.2, 0.25) is 5.91 Å². The Morgan fingerprint density at radius 1 is 1.13 bits per heavy atom. The number of hydrogen-bond acceptors (Lipinski definition) is 3. The average molecular weight is 405 g/mol. The Morgan fingerprint density at radius 3 is 2.63 bits per heavy atom. The number of pyridine rings is 1. The second-order valence-electron chi connectivity index (χ2n) is 8.51. The Morgan fingerprint density at radius 2 is 1.87 bits per heavy atom. The van der Waals surface area contributed by atoms with Crippen molar-refractivity contribution in [1.82, 2.24) is 19.8 Å². The predicted molar refractivity (Wildman–Crippen MR) is 121 cm³/mol. The third-order valence-electron chi connectivity index (χ3n) is 6.43. The summed E-state index contributed by atoms with van der Waals surface area (Å²) in [6.07, 6.45) is 6.89. The normalized spacial score (nSPS) is 15.1. The van der Waals surface area contributed by atoms with Crippen LogP contribution in [0.3, 0.4) is 0 Å². The van der Waals surface area contributed by atoms with Crippen molar-refractivity contribution in [3.05, 3.63) is 65.6 Å². The summed E-state index contributed by atoms with van der Waals surface area (Å²) in [7, 11) is 0. The predicted octanol–water partition coefficient (Wildman–Crippen LogP) is 3.94. The largest absolute Gasteiger partial charge is 0.341 e. The summed E-state index contributed by atoms with van der Waals surface area (Å²) in [4.78, 5) is 19.1. The van der Waals surface area contributed by atoms with Crippen molar-refractivity contribution in [3.8, 4) is 0 Å². The van der Waals surface area contributed by atoms with Gasteiger partial charge in [-0.3, -0.25) is 9.78 Å². The van der Waals surface area contributed by atoms with Crippen LogP contribution in [0.4, 0.5) is 0 Å².